The minimum Gasteiger partial charge on any atom is -0.484 e. The van der Waals surface area contributed by atoms with E-state index in [2.05, 4.69) is 17.5 Å². The number of fused-ring (bicyclic) bond motifs is 1. The maximum absolute atomic E-state index is 11.8. The molecule has 0 aliphatic carbocycles. The molecule has 0 radical (unpaired) electrons. The van der Waals surface area contributed by atoms with Crippen LogP contribution in [0.4, 0.5) is 0 Å². The van der Waals surface area contributed by atoms with Crippen molar-refractivity contribution in [2.24, 2.45) is 5.10 Å². The van der Waals surface area contributed by atoms with Crippen molar-refractivity contribution in [1.29, 1.82) is 0 Å². The molecule has 3 aromatic carbocycles. The van der Waals surface area contributed by atoms with Gasteiger partial charge >= 0.3 is 0 Å². The molecule has 3 aromatic rings. The van der Waals surface area contributed by atoms with Crippen LogP contribution in [-0.4, -0.2) is 18.7 Å². The highest BCUT2D eigenvalue weighted by Gasteiger charge is 2.02. The van der Waals surface area contributed by atoms with E-state index in [1.165, 1.54) is 5.56 Å². The molecule has 0 aliphatic rings. The number of hydrazone groups is 1. The summed E-state index contributed by atoms with van der Waals surface area (Å²) in [4.78, 5) is 11.8. The second-order valence-corrected chi connectivity index (χ2v) is 5.69. The normalized spacial score (nSPS) is 10.9. The quantitative estimate of drug-likeness (QED) is 0.549. The number of hydrogen-bond acceptors (Lipinski definition) is 3. The second-order valence-electron chi connectivity index (χ2n) is 5.69. The number of hydrogen-bond donors (Lipinski definition) is 1. The molecule has 25 heavy (non-hydrogen) atoms. The highest BCUT2D eigenvalue weighted by atomic mass is 16.5. The number of carbonyl (C=O) groups excluding carboxylic acids is 1. The molecular weight excluding hydrogens is 312 g/mol. The molecule has 4 heteroatoms. The van der Waals surface area contributed by atoms with Crippen molar-refractivity contribution >= 4 is 22.9 Å². The van der Waals surface area contributed by atoms with Crippen LogP contribution in [0.25, 0.3) is 10.8 Å². The Morgan fingerprint density at radius 1 is 1.04 bits per heavy atom. The van der Waals surface area contributed by atoms with Crippen molar-refractivity contribution in [2.45, 2.75) is 13.3 Å². The first-order valence-electron chi connectivity index (χ1n) is 8.27. The predicted molar refractivity (Wildman–Crippen MR) is 101 cm³/mol. The molecule has 0 spiro atoms. The van der Waals surface area contributed by atoms with Crippen LogP contribution in [-0.2, 0) is 11.2 Å². The fourth-order valence-electron chi connectivity index (χ4n) is 2.46. The van der Waals surface area contributed by atoms with Gasteiger partial charge in [0.05, 0.1) is 6.21 Å². The van der Waals surface area contributed by atoms with Gasteiger partial charge in [-0.15, -0.1) is 0 Å². The van der Waals surface area contributed by atoms with Crippen LogP contribution >= 0.6 is 0 Å². The van der Waals surface area contributed by atoms with E-state index < -0.39 is 0 Å². The smallest absolute Gasteiger partial charge is 0.277 e. The zero-order valence-corrected chi connectivity index (χ0v) is 14.1. The molecule has 0 fully saturated rings. The molecule has 0 bridgehead atoms. The number of aryl methyl sites for hydroxylation is 1. The lowest BCUT2D eigenvalue weighted by Gasteiger charge is -2.06. The lowest BCUT2D eigenvalue weighted by Crippen LogP contribution is -2.24. The monoisotopic (exact) mass is 332 g/mol. The topological polar surface area (TPSA) is 50.7 Å². The molecule has 126 valence electrons. The Hall–Kier alpha value is -3.14. The number of carbonyl (C=O) groups is 1. The summed E-state index contributed by atoms with van der Waals surface area (Å²) in [5.74, 6) is 0.363. The third-order valence-corrected chi connectivity index (χ3v) is 3.88. The van der Waals surface area contributed by atoms with Gasteiger partial charge in [0, 0.05) is 0 Å². The number of benzene rings is 3. The number of nitrogens with zero attached hydrogens (tertiary/aromatic N) is 1. The standard InChI is InChI=1S/C21H20N2O2/c1-2-16-7-9-17(10-8-16)14-22-23-21(24)15-25-20-12-11-18-5-3-4-6-19(18)13-20/h3-14H,2,15H2,1H3,(H,23,24)/b22-14-. The van der Waals surface area contributed by atoms with Crippen LogP contribution in [0.5, 0.6) is 5.75 Å². The molecule has 3 rings (SSSR count). The average molecular weight is 332 g/mol. The summed E-state index contributed by atoms with van der Waals surface area (Å²) < 4.78 is 5.52. The van der Waals surface area contributed by atoms with Gasteiger partial charge in [-0.25, -0.2) is 5.43 Å². The maximum atomic E-state index is 11.8. The SMILES string of the molecule is CCc1ccc(/C=N\NC(=O)COc2ccc3ccccc3c2)cc1. The van der Waals surface area contributed by atoms with E-state index >= 15 is 0 Å². The molecule has 0 atom stereocenters. The molecule has 0 saturated carbocycles. The van der Waals surface area contributed by atoms with Gasteiger partial charge in [-0.1, -0.05) is 61.5 Å². The van der Waals surface area contributed by atoms with Crippen LogP contribution in [0.15, 0.2) is 71.8 Å². The van der Waals surface area contributed by atoms with E-state index in [0.717, 1.165) is 22.8 Å². The lowest BCUT2D eigenvalue weighted by molar-refractivity contribution is -0.123. The van der Waals surface area contributed by atoms with Crippen molar-refractivity contribution in [2.75, 3.05) is 6.61 Å². The molecule has 1 amide bonds. The van der Waals surface area contributed by atoms with Gasteiger partial charge in [0.15, 0.2) is 6.61 Å². The second kappa shape index (κ2) is 8.11. The van der Waals surface area contributed by atoms with Crippen molar-refractivity contribution in [3.63, 3.8) is 0 Å². The van der Waals surface area contributed by atoms with Crippen LogP contribution < -0.4 is 10.2 Å². The van der Waals surface area contributed by atoms with Crippen LogP contribution in [0.3, 0.4) is 0 Å². The van der Waals surface area contributed by atoms with Crippen molar-refractivity contribution in [1.82, 2.24) is 5.43 Å². The molecule has 0 aromatic heterocycles. The maximum Gasteiger partial charge on any atom is 0.277 e. The predicted octanol–water partition coefficient (Wildman–Crippen LogP) is 3.93. The number of amides is 1. The summed E-state index contributed by atoms with van der Waals surface area (Å²) in [5.41, 5.74) is 4.68. The van der Waals surface area contributed by atoms with Gasteiger partial charge in [0.1, 0.15) is 5.75 Å². The largest absolute Gasteiger partial charge is 0.484 e. The van der Waals surface area contributed by atoms with Gasteiger partial charge in [-0.3, -0.25) is 4.79 Å². The molecule has 1 N–H and O–H groups in total. The summed E-state index contributed by atoms with van der Waals surface area (Å²) in [6, 6.07) is 21.8. The summed E-state index contributed by atoms with van der Waals surface area (Å²) in [6.07, 6.45) is 2.62. The molecule has 0 aliphatic heterocycles. The molecule has 4 nitrogen and oxygen atoms in total. The molecule has 0 heterocycles. The average Bonchev–Trinajstić information content (AvgIpc) is 2.67. The Kier molecular flexibility index (Phi) is 5.42. The first-order chi connectivity index (χ1) is 12.2. The number of rotatable bonds is 6. The zero-order chi connectivity index (χ0) is 17.5. The van der Waals surface area contributed by atoms with Crippen molar-refractivity contribution < 1.29 is 9.53 Å². The molecule has 0 unspecified atom stereocenters. The Labute approximate surface area is 147 Å². The number of nitrogens with one attached hydrogen (secondary N) is 1. The van der Waals surface area contributed by atoms with E-state index in [1.54, 1.807) is 6.21 Å². The minimum atomic E-state index is -0.297. The summed E-state index contributed by atoms with van der Waals surface area (Å²) in [7, 11) is 0. The molecular formula is C21H20N2O2. The number of ether oxygens (including phenoxy) is 1. The van der Waals surface area contributed by atoms with E-state index in [0.29, 0.717) is 5.75 Å². The van der Waals surface area contributed by atoms with Crippen molar-refractivity contribution in [3.8, 4) is 5.75 Å². The van der Waals surface area contributed by atoms with Crippen LogP contribution in [0.2, 0.25) is 0 Å². The Morgan fingerprint density at radius 2 is 1.80 bits per heavy atom. The first kappa shape index (κ1) is 16.7. The van der Waals surface area contributed by atoms with E-state index in [-0.39, 0.29) is 12.5 Å². The lowest BCUT2D eigenvalue weighted by atomic mass is 10.1. The van der Waals surface area contributed by atoms with Crippen LogP contribution in [0.1, 0.15) is 18.1 Å². The van der Waals surface area contributed by atoms with E-state index in [9.17, 15) is 4.79 Å². The zero-order valence-electron chi connectivity index (χ0n) is 14.1. The first-order valence-corrected chi connectivity index (χ1v) is 8.27. The van der Waals surface area contributed by atoms with Gasteiger partial charge in [-0.05, 0) is 40.5 Å². The third kappa shape index (κ3) is 4.67. The van der Waals surface area contributed by atoms with E-state index in [1.807, 2.05) is 66.7 Å². The highest BCUT2D eigenvalue weighted by Crippen LogP contribution is 2.20. The van der Waals surface area contributed by atoms with Gasteiger partial charge in [0.25, 0.3) is 5.91 Å². The van der Waals surface area contributed by atoms with Gasteiger partial charge in [0.2, 0.25) is 0 Å². The van der Waals surface area contributed by atoms with Gasteiger partial charge < -0.3 is 4.74 Å². The van der Waals surface area contributed by atoms with Crippen LogP contribution in [0, 0.1) is 0 Å². The summed E-state index contributed by atoms with van der Waals surface area (Å²) in [6.45, 7) is 2.03. The van der Waals surface area contributed by atoms with E-state index in [4.69, 9.17) is 4.74 Å². The van der Waals surface area contributed by atoms with Gasteiger partial charge in [-0.2, -0.15) is 5.10 Å². The summed E-state index contributed by atoms with van der Waals surface area (Å²) in [5, 5.41) is 6.17. The Bertz CT molecular complexity index is 886. The van der Waals surface area contributed by atoms with Crippen molar-refractivity contribution in [3.05, 3.63) is 77.9 Å². The molecule has 0 saturated heterocycles. The fourth-order valence-corrected chi connectivity index (χ4v) is 2.46. The summed E-state index contributed by atoms with van der Waals surface area (Å²) >= 11 is 0. The highest BCUT2D eigenvalue weighted by molar-refractivity contribution is 5.84. The minimum absolute atomic E-state index is 0.0789. The Balaban J connectivity index is 1.50. The fraction of sp³-hybridized carbons (Fsp3) is 0.143. The third-order valence-electron chi connectivity index (χ3n) is 3.88. The Morgan fingerprint density at radius 3 is 2.56 bits per heavy atom.